The largest absolute Gasteiger partial charge is 0.325 e. The molecule has 1 saturated heterocycles. The summed E-state index contributed by atoms with van der Waals surface area (Å²) in [5.74, 6) is 1.45. The number of rotatable bonds is 7. The zero-order valence-electron chi connectivity index (χ0n) is 16.9. The molecule has 2 N–H and O–H groups in total. The lowest BCUT2D eigenvalue weighted by molar-refractivity contribution is -0.113. The molecule has 0 saturated carbocycles. The van der Waals surface area contributed by atoms with Crippen LogP contribution in [0.15, 0.2) is 34.3 Å². The summed E-state index contributed by atoms with van der Waals surface area (Å²) in [4.78, 5) is 16.6. The van der Waals surface area contributed by atoms with Gasteiger partial charge in [0.05, 0.1) is 10.6 Å². The zero-order chi connectivity index (χ0) is 21.0. The van der Waals surface area contributed by atoms with Crippen LogP contribution >= 0.6 is 11.8 Å². The summed E-state index contributed by atoms with van der Waals surface area (Å²) in [5, 5.41) is 10.1. The van der Waals surface area contributed by atoms with E-state index in [-0.39, 0.29) is 16.6 Å². The van der Waals surface area contributed by atoms with Crippen molar-refractivity contribution < 1.29 is 13.2 Å². The lowest BCUT2D eigenvalue weighted by Gasteiger charge is -2.34. The Morgan fingerprint density at radius 3 is 2.48 bits per heavy atom. The smallest absolute Gasteiger partial charge is 0.243 e. The molecule has 29 heavy (non-hydrogen) atoms. The van der Waals surface area contributed by atoms with Crippen molar-refractivity contribution in [3.63, 3.8) is 0 Å². The van der Waals surface area contributed by atoms with E-state index >= 15 is 0 Å². The number of H-pyrrole nitrogens is 1. The van der Waals surface area contributed by atoms with Crippen molar-refractivity contribution in [2.45, 2.75) is 43.7 Å². The van der Waals surface area contributed by atoms with E-state index in [0.29, 0.717) is 35.8 Å². The summed E-state index contributed by atoms with van der Waals surface area (Å²) in [6, 6.07) is 6.33. The molecule has 0 unspecified atom stereocenters. The molecule has 0 spiro atoms. The Labute approximate surface area is 175 Å². The molecule has 2 atom stereocenters. The standard InChI is InChI=1S/C19H27N5O3S2/c1-4-17-21-19(23-22-17)28-12-18(25)20-15-5-7-16(8-6-15)29(26,27)24-10-13(2)9-14(3)11-24/h5-8,13-14H,4,9-12H2,1-3H3,(H,20,25)(H,21,22,23)/t13-,14+. The highest BCUT2D eigenvalue weighted by atomic mass is 32.2. The molecule has 1 aliphatic rings. The number of hydrogen-bond donors (Lipinski definition) is 2. The van der Waals surface area contributed by atoms with Crippen LogP contribution in [0.3, 0.4) is 0 Å². The van der Waals surface area contributed by atoms with Gasteiger partial charge >= 0.3 is 0 Å². The summed E-state index contributed by atoms with van der Waals surface area (Å²) in [6.45, 7) is 7.22. The molecule has 0 bridgehead atoms. The van der Waals surface area contributed by atoms with Crippen LogP contribution in [0.1, 0.15) is 33.0 Å². The van der Waals surface area contributed by atoms with Crippen LogP contribution in [0.5, 0.6) is 0 Å². The number of nitrogens with zero attached hydrogens (tertiary/aromatic N) is 3. The Morgan fingerprint density at radius 2 is 1.90 bits per heavy atom. The lowest BCUT2D eigenvalue weighted by atomic mass is 9.94. The third-order valence-electron chi connectivity index (χ3n) is 4.79. The second-order valence-electron chi connectivity index (χ2n) is 7.55. The summed E-state index contributed by atoms with van der Waals surface area (Å²) in [7, 11) is -3.52. The first-order valence-electron chi connectivity index (χ1n) is 9.72. The predicted molar refractivity (Wildman–Crippen MR) is 113 cm³/mol. The number of aromatic nitrogens is 3. The highest BCUT2D eigenvalue weighted by molar-refractivity contribution is 7.99. The maximum absolute atomic E-state index is 12.9. The van der Waals surface area contributed by atoms with Gasteiger partial charge in [-0.15, -0.1) is 5.10 Å². The molecule has 0 aliphatic carbocycles. The molecule has 3 rings (SSSR count). The van der Waals surface area contributed by atoms with Crippen LogP contribution in [0.2, 0.25) is 0 Å². The molecule has 2 aromatic rings. The number of piperidine rings is 1. The van der Waals surface area contributed by atoms with Gasteiger partial charge in [0.1, 0.15) is 5.82 Å². The monoisotopic (exact) mass is 437 g/mol. The van der Waals surface area contributed by atoms with E-state index in [4.69, 9.17) is 0 Å². The SMILES string of the molecule is CCc1nc(SCC(=O)Nc2ccc(S(=O)(=O)N3C[C@H](C)C[C@H](C)C3)cc2)n[nH]1. The topological polar surface area (TPSA) is 108 Å². The molecule has 1 aromatic carbocycles. The molecule has 1 aliphatic heterocycles. The number of sulfonamides is 1. The number of aryl methyl sites for hydroxylation is 1. The highest BCUT2D eigenvalue weighted by Crippen LogP contribution is 2.27. The number of nitrogens with one attached hydrogen (secondary N) is 2. The second-order valence-corrected chi connectivity index (χ2v) is 10.4. The van der Waals surface area contributed by atoms with Crippen LogP contribution in [0, 0.1) is 11.8 Å². The van der Waals surface area contributed by atoms with Crippen molar-refractivity contribution in [1.82, 2.24) is 19.5 Å². The molecule has 0 radical (unpaired) electrons. The van der Waals surface area contributed by atoms with Gasteiger partial charge in [-0.1, -0.05) is 32.5 Å². The fraction of sp³-hybridized carbons (Fsp3) is 0.526. The number of carbonyl (C=O) groups excluding carboxylic acids is 1. The maximum Gasteiger partial charge on any atom is 0.243 e. The van der Waals surface area contributed by atoms with Gasteiger partial charge in [-0.3, -0.25) is 9.89 Å². The Bertz CT molecular complexity index is 933. The van der Waals surface area contributed by atoms with Gasteiger partial charge in [0.2, 0.25) is 21.1 Å². The zero-order valence-corrected chi connectivity index (χ0v) is 18.5. The number of anilines is 1. The van der Waals surface area contributed by atoms with Crippen LogP contribution < -0.4 is 5.32 Å². The summed E-state index contributed by atoms with van der Waals surface area (Å²) in [5.41, 5.74) is 0.555. The normalized spacial score (nSPS) is 20.5. The van der Waals surface area contributed by atoms with E-state index in [1.54, 1.807) is 28.6 Å². The molecule has 2 heterocycles. The van der Waals surface area contributed by atoms with Gasteiger partial charge in [-0.2, -0.15) is 4.31 Å². The van der Waals surface area contributed by atoms with Gasteiger partial charge in [-0.25, -0.2) is 13.4 Å². The second kappa shape index (κ2) is 9.27. The fourth-order valence-corrected chi connectivity index (χ4v) is 5.79. The van der Waals surface area contributed by atoms with Gasteiger partial charge < -0.3 is 5.32 Å². The van der Waals surface area contributed by atoms with Crippen LogP contribution in [0.4, 0.5) is 5.69 Å². The number of aromatic amines is 1. The van der Waals surface area contributed by atoms with Gasteiger partial charge in [0.15, 0.2) is 0 Å². The van der Waals surface area contributed by atoms with Crippen molar-refractivity contribution in [1.29, 1.82) is 0 Å². The fourth-order valence-electron chi connectivity index (χ4n) is 3.49. The molecule has 8 nitrogen and oxygen atoms in total. The molecule has 10 heteroatoms. The van der Waals surface area contributed by atoms with E-state index in [9.17, 15) is 13.2 Å². The Morgan fingerprint density at radius 1 is 1.24 bits per heavy atom. The maximum atomic E-state index is 12.9. The van der Waals surface area contributed by atoms with E-state index in [1.807, 2.05) is 6.92 Å². The first-order valence-corrected chi connectivity index (χ1v) is 12.1. The average molecular weight is 438 g/mol. The first kappa shape index (κ1) is 21.8. The molecular formula is C19H27N5O3S2. The third kappa shape index (κ3) is 5.58. The molecule has 1 aromatic heterocycles. The van der Waals surface area contributed by atoms with Gasteiger partial charge in [0, 0.05) is 25.2 Å². The van der Waals surface area contributed by atoms with Crippen LogP contribution in [0.25, 0.3) is 0 Å². The van der Waals surface area contributed by atoms with Crippen molar-refractivity contribution >= 4 is 33.4 Å². The molecule has 1 fully saturated rings. The van der Waals surface area contributed by atoms with Crippen molar-refractivity contribution in [3.8, 4) is 0 Å². The Balaban J connectivity index is 1.58. The molecule has 158 valence electrons. The van der Waals surface area contributed by atoms with Crippen LogP contribution in [-0.4, -0.2) is 52.7 Å². The summed E-state index contributed by atoms with van der Waals surface area (Å²) in [6.07, 6.45) is 1.80. The first-order chi connectivity index (χ1) is 13.8. The van der Waals surface area contributed by atoms with E-state index < -0.39 is 10.0 Å². The van der Waals surface area contributed by atoms with E-state index in [0.717, 1.165) is 18.7 Å². The minimum Gasteiger partial charge on any atom is -0.325 e. The van der Waals surface area contributed by atoms with Crippen LogP contribution in [-0.2, 0) is 21.2 Å². The number of thioether (sulfide) groups is 1. The number of carbonyl (C=O) groups is 1. The highest BCUT2D eigenvalue weighted by Gasteiger charge is 2.31. The minimum atomic E-state index is -3.52. The van der Waals surface area contributed by atoms with Crippen molar-refractivity contribution in [3.05, 3.63) is 30.1 Å². The molecular weight excluding hydrogens is 410 g/mol. The summed E-state index contributed by atoms with van der Waals surface area (Å²) >= 11 is 1.24. The number of hydrogen-bond acceptors (Lipinski definition) is 6. The number of benzene rings is 1. The van der Waals surface area contributed by atoms with Crippen molar-refractivity contribution in [2.24, 2.45) is 11.8 Å². The quantitative estimate of drug-likeness (QED) is 0.645. The van der Waals surface area contributed by atoms with E-state index in [2.05, 4.69) is 34.3 Å². The Kier molecular flexibility index (Phi) is 6.97. The van der Waals surface area contributed by atoms with Gasteiger partial charge in [0.25, 0.3) is 0 Å². The predicted octanol–water partition coefficient (Wildman–Crippen LogP) is 2.76. The average Bonchev–Trinajstić information content (AvgIpc) is 3.14. The summed E-state index contributed by atoms with van der Waals surface area (Å²) < 4.78 is 27.4. The minimum absolute atomic E-state index is 0.171. The molecule has 1 amide bonds. The third-order valence-corrected chi connectivity index (χ3v) is 7.48. The van der Waals surface area contributed by atoms with Crippen molar-refractivity contribution in [2.75, 3.05) is 24.2 Å². The van der Waals surface area contributed by atoms with Gasteiger partial charge in [-0.05, 0) is 42.5 Å². The lowest BCUT2D eigenvalue weighted by Crippen LogP contribution is -2.42. The number of amides is 1. The Hall–Kier alpha value is -1.91. The van der Waals surface area contributed by atoms with E-state index in [1.165, 1.54) is 11.8 Å².